The van der Waals surface area contributed by atoms with E-state index in [9.17, 15) is 4.79 Å². The Morgan fingerprint density at radius 2 is 1.96 bits per heavy atom. The van der Waals surface area contributed by atoms with E-state index in [1.165, 1.54) is 11.8 Å². The molecule has 3 rings (SSSR count). The molecule has 0 saturated carbocycles. The van der Waals surface area contributed by atoms with Crippen LogP contribution in [0.25, 0.3) is 5.69 Å². The van der Waals surface area contributed by atoms with Crippen LogP contribution in [0, 0.1) is 6.92 Å². The normalized spacial score (nSPS) is 11.8. The van der Waals surface area contributed by atoms with Crippen LogP contribution in [-0.2, 0) is 11.3 Å². The van der Waals surface area contributed by atoms with Crippen LogP contribution in [0.5, 0.6) is 5.75 Å². The number of tetrazole rings is 1. The van der Waals surface area contributed by atoms with Crippen LogP contribution in [0.15, 0.2) is 53.7 Å². The van der Waals surface area contributed by atoms with Gasteiger partial charge in [0, 0.05) is 12.1 Å². The topological polar surface area (TPSA) is 81.9 Å². The van der Waals surface area contributed by atoms with Crippen molar-refractivity contribution < 1.29 is 9.53 Å². The molecule has 0 unspecified atom stereocenters. The maximum absolute atomic E-state index is 12.5. The number of amides is 1. The number of nitrogens with zero attached hydrogens (tertiary/aromatic N) is 4. The van der Waals surface area contributed by atoms with Gasteiger partial charge < -0.3 is 10.1 Å². The summed E-state index contributed by atoms with van der Waals surface area (Å²) in [7, 11) is 1.62. The molecule has 140 valence electrons. The second-order valence-electron chi connectivity index (χ2n) is 5.95. The number of thioether (sulfide) groups is 1. The first-order valence-corrected chi connectivity index (χ1v) is 9.38. The van der Waals surface area contributed by atoms with Gasteiger partial charge >= 0.3 is 0 Å². The van der Waals surface area contributed by atoms with Crippen molar-refractivity contribution in [1.82, 2.24) is 25.5 Å². The molecule has 2 aromatic carbocycles. The van der Waals surface area contributed by atoms with Crippen molar-refractivity contribution in [2.45, 2.75) is 30.8 Å². The number of para-hydroxylation sites is 2. The number of aromatic nitrogens is 4. The molecule has 0 bridgehead atoms. The van der Waals surface area contributed by atoms with Crippen LogP contribution >= 0.6 is 11.8 Å². The van der Waals surface area contributed by atoms with Crippen LogP contribution < -0.4 is 10.1 Å². The molecule has 0 spiro atoms. The number of carbonyl (C=O) groups is 1. The smallest absolute Gasteiger partial charge is 0.233 e. The van der Waals surface area contributed by atoms with Crippen molar-refractivity contribution in [1.29, 1.82) is 0 Å². The summed E-state index contributed by atoms with van der Waals surface area (Å²) in [6.45, 7) is 4.23. The zero-order chi connectivity index (χ0) is 19.2. The lowest BCUT2D eigenvalue weighted by molar-refractivity contribution is -0.120. The predicted octanol–water partition coefficient (Wildman–Crippen LogP) is 2.78. The number of rotatable bonds is 7. The maximum atomic E-state index is 12.5. The van der Waals surface area contributed by atoms with Crippen LogP contribution in [0.2, 0.25) is 0 Å². The minimum Gasteiger partial charge on any atom is -0.496 e. The van der Waals surface area contributed by atoms with E-state index in [1.54, 1.807) is 11.8 Å². The average molecular weight is 383 g/mol. The van der Waals surface area contributed by atoms with Crippen LogP contribution in [0.3, 0.4) is 0 Å². The van der Waals surface area contributed by atoms with E-state index < -0.39 is 0 Å². The summed E-state index contributed by atoms with van der Waals surface area (Å²) in [5.41, 5.74) is 2.88. The van der Waals surface area contributed by atoms with Crippen LogP contribution in [-0.4, -0.2) is 38.5 Å². The number of aryl methyl sites for hydroxylation is 1. The minimum atomic E-state index is -0.353. The fourth-order valence-electron chi connectivity index (χ4n) is 2.59. The molecule has 0 aliphatic heterocycles. The summed E-state index contributed by atoms with van der Waals surface area (Å²) < 4.78 is 6.97. The van der Waals surface area contributed by atoms with Crippen LogP contribution in [0.4, 0.5) is 0 Å². The van der Waals surface area contributed by atoms with E-state index >= 15 is 0 Å². The Kier molecular flexibility index (Phi) is 6.08. The minimum absolute atomic E-state index is 0.0924. The van der Waals surface area contributed by atoms with Gasteiger partial charge in [-0.25, -0.2) is 0 Å². The van der Waals surface area contributed by atoms with Gasteiger partial charge in [-0.1, -0.05) is 48.2 Å². The standard InChI is InChI=1S/C19H21N5O2S/c1-13-8-4-6-10-16(13)24-19(21-22-23-24)27-14(2)18(25)20-12-15-9-5-7-11-17(15)26-3/h4-11,14H,12H2,1-3H3,(H,20,25)/t14-/m0/s1. The Morgan fingerprint density at radius 1 is 1.22 bits per heavy atom. The molecule has 0 aliphatic carbocycles. The van der Waals surface area contributed by atoms with Gasteiger partial charge in [0.2, 0.25) is 11.1 Å². The SMILES string of the molecule is COc1ccccc1CNC(=O)[C@H](C)Sc1nnnn1-c1ccccc1C. The summed E-state index contributed by atoms with van der Waals surface area (Å²) in [5, 5.41) is 15.1. The molecule has 0 fully saturated rings. The molecular formula is C19H21N5O2S. The second-order valence-corrected chi connectivity index (χ2v) is 7.26. The highest BCUT2D eigenvalue weighted by atomic mass is 32.2. The van der Waals surface area contributed by atoms with Crippen molar-refractivity contribution in [3.8, 4) is 11.4 Å². The molecule has 7 nitrogen and oxygen atoms in total. The molecule has 1 aromatic heterocycles. The van der Waals surface area contributed by atoms with E-state index in [1.807, 2.05) is 62.4 Å². The van der Waals surface area contributed by atoms with E-state index in [2.05, 4.69) is 20.8 Å². The first-order chi connectivity index (χ1) is 13.1. The van der Waals surface area contributed by atoms with Gasteiger partial charge in [-0.3, -0.25) is 4.79 Å². The molecule has 0 aliphatic rings. The highest BCUT2D eigenvalue weighted by Gasteiger charge is 2.20. The first-order valence-electron chi connectivity index (χ1n) is 8.50. The molecule has 3 aromatic rings. The fourth-order valence-corrected chi connectivity index (χ4v) is 3.42. The van der Waals surface area contributed by atoms with Crippen molar-refractivity contribution in [2.24, 2.45) is 0 Å². The molecule has 8 heteroatoms. The van der Waals surface area contributed by atoms with Crippen molar-refractivity contribution in [3.63, 3.8) is 0 Å². The summed E-state index contributed by atoms with van der Waals surface area (Å²) in [6, 6.07) is 15.4. The second kappa shape index (κ2) is 8.68. The summed E-state index contributed by atoms with van der Waals surface area (Å²) >= 11 is 1.32. The Labute approximate surface area is 162 Å². The van der Waals surface area contributed by atoms with E-state index in [-0.39, 0.29) is 11.2 Å². The Morgan fingerprint density at radius 3 is 2.74 bits per heavy atom. The Balaban J connectivity index is 1.66. The quantitative estimate of drug-likeness (QED) is 0.632. The highest BCUT2D eigenvalue weighted by molar-refractivity contribution is 8.00. The number of hydrogen-bond acceptors (Lipinski definition) is 6. The summed E-state index contributed by atoms with van der Waals surface area (Å²) in [4.78, 5) is 12.5. The zero-order valence-corrected chi connectivity index (χ0v) is 16.2. The molecule has 0 radical (unpaired) electrons. The maximum Gasteiger partial charge on any atom is 0.233 e. The number of methoxy groups -OCH3 is 1. The molecule has 1 atom stereocenters. The zero-order valence-electron chi connectivity index (χ0n) is 15.4. The summed E-state index contributed by atoms with van der Waals surface area (Å²) in [6.07, 6.45) is 0. The number of ether oxygens (including phenoxy) is 1. The average Bonchev–Trinajstić information content (AvgIpc) is 3.14. The van der Waals surface area contributed by atoms with Crippen molar-refractivity contribution in [2.75, 3.05) is 7.11 Å². The molecule has 0 saturated heterocycles. The molecule has 27 heavy (non-hydrogen) atoms. The van der Waals surface area contributed by atoms with E-state index in [4.69, 9.17) is 4.74 Å². The van der Waals surface area contributed by atoms with Gasteiger partial charge in [0.05, 0.1) is 18.0 Å². The predicted molar refractivity (Wildman–Crippen MR) is 104 cm³/mol. The van der Waals surface area contributed by atoms with Crippen molar-refractivity contribution in [3.05, 3.63) is 59.7 Å². The fraction of sp³-hybridized carbons (Fsp3) is 0.263. The largest absolute Gasteiger partial charge is 0.496 e. The van der Waals surface area contributed by atoms with E-state index in [0.29, 0.717) is 11.7 Å². The number of hydrogen-bond donors (Lipinski definition) is 1. The molecule has 1 heterocycles. The lowest BCUT2D eigenvalue weighted by Gasteiger charge is -2.13. The number of benzene rings is 2. The monoisotopic (exact) mass is 383 g/mol. The first kappa shape index (κ1) is 18.9. The molecule has 1 amide bonds. The molecule has 1 N–H and O–H groups in total. The summed E-state index contributed by atoms with van der Waals surface area (Å²) in [5.74, 6) is 0.659. The lowest BCUT2D eigenvalue weighted by Crippen LogP contribution is -2.30. The third-order valence-electron chi connectivity index (χ3n) is 4.08. The lowest BCUT2D eigenvalue weighted by atomic mass is 10.2. The van der Waals surface area contributed by atoms with Gasteiger partial charge in [-0.2, -0.15) is 4.68 Å². The highest BCUT2D eigenvalue weighted by Crippen LogP contribution is 2.24. The van der Waals surface area contributed by atoms with E-state index in [0.717, 1.165) is 22.6 Å². The third-order valence-corrected chi connectivity index (χ3v) is 5.11. The Hall–Kier alpha value is -2.87. The number of nitrogens with one attached hydrogen (secondary N) is 1. The van der Waals surface area contributed by atoms with Gasteiger partial charge in [0.15, 0.2) is 0 Å². The van der Waals surface area contributed by atoms with Gasteiger partial charge in [-0.15, -0.1) is 5.10 Å². The van der Waals surface area contributed by atoms with Gasteiger partial charge in [0.1, 0.15) is 5.75 Å². The number of carbonyl (C=O) groups excluding carboxylic acids is 1. The van der Waals surface area contributed by atoms with Gasteiger partial charge in [-0.05, 0) is 42.0 Å². The van der Waals surface area contributed by atoms with Gasteiger partial charge in [0.25, 0.3) is 0 Å². The van der Waals surface area contributed by atoms with Crippen molar-refractivity contribution >= 4 is 17.7 Å². The van der Waals surface area contributed by atoms with Crippen LogP contribution in [0.1, 0.15) is 18.1 Å². The Bertz CT molecular complexity index is 928. The molecular weight excluding hydrogens is 362 g/mol. The third kappa shape index (κ3) is 4.46.